The molecule has 3 amide bonds. The first-order valence-corrected chi connectivity index (χ1v) is 11.4. The number of nitrogens with zero attached hydrogens (tertiary/aromatic N) is 2. The summed E-state index contributed by atoms with van der Waals surface area (Å²) in [6.07, 6.45) is 4.40. The second-order valence-electron chi connectivity index (χ2n) is 8.70. The summed E-state index contributed by atoms with van der Waals surface area (Å²) in [6, 6.07) is 15.4. The third-order valence-corrected chi connectivity index (χ3v) is 6.57. The first-order chi connectivity index (χ1) is 15.9. The molecule has 0 spiro atoms. The van der Waals surface area contributed by atoms with E-state index in [1.165, 1.54) is 6.92 Å². The minimum absolute atomic E-state index is 0.00773. The number of carbonyl (C=O) groups is 3. The maximum atomic E-state index is 12.9. The molecule has 2 heterocycles. The molecule has 0 unspecified atom stereocenters. The number of H-pyrrole nitrogens is 1. The Balaban J connectivity index is 1.35. The molecule has 33 heavy (non-hydrogen) atoms. The van der Waals surface area contributed by atoms with E-state index in [1.54, 1.807) is 11.0 Å². The molecule has 1 fully saturated rings. The number of aromatic nitrogens is 1. The minimum Gasteiger partial charge on any atom is -0.366 e. The van der Waals surface area contributed by atoms with Crippen LogP contribution in [0.4, 0.5) is 0 Å². The normalized spacial score (nSPS) is 14.4. The lowest BCUT2D eigenvalue weighted by molar-refractivity contribution is -0.140. The lowest BCUT2D eigenvalue weighted by Gasteiger charge is -2.33. The number of piperidine rings is 1. The fourth-order valence-corrected chi connectivity index (χ4v) is 4.59. The van der Waals surface area contributed by atoms with Crippen molar-refractivity contribution in [3.05, 3.63) is 71.4 Å². The van der Waals surface area contributed by atoms with E-state index in [-0.39, 0.29) is 18.4 Å². The van der Waals surface area contributed by atoms with Gasteiger partial charge in [-0.2, -0.15) is 0 Å². The highest BCUT2D eigenvalue weighted by molar-refractivity contribution is 5.98. The molecule has 1 aliphatic heterocycles. The van der Waals surface area contributed by atoms with Gasteiger partial charge in [-0.25, -0.2) is 0 Å². The quantitative estimate of drug-likeness (QED) is 0.583. The summed E-state index contributed by atoms with van der Waals surface area (Å²) < 4.78 is 0. The van der Waals surface area contributed by atoms with Crippen molar-refractivity contribution in [2.24, 2.45) is 5.73 Å². The van der Waals surface area contributed by atoms with Crippen LogP contribution in [0.3, 0.4) is 0 Å². The highest BCUT2D eigenvalue weighted by Gasteiger charge is 2.27. The number of hydrogen-bond donors (Lipinski definition) is 2. The van der Waals surface area contributed by atoms with Gasteiger partial charge >= 0.3 is 0 Å². The zero-order valence-corrected chi connectivity index (χ0v) is 18.9. The van der Waals surface area contributed by atoms with E-state index in [9.17, 15) is 14.4 Å². The molecule has 172 valence electrons. The Labute approximate surface area is 193 Å². The van der Waals surface area contributed by atoms with Crippen LogP contribution in [0, 0.1) is 0 Å². The number of rotatable bonds is 7. The fourth-order valence-electron chi connectivity index (χ4n) is 4.59. The van der Waals surface area contributed by atoms with E-state index in [0.717, 1.165) is 41.3 Å². The third kappa shape index (κ3) is 5.25. The van der Waals surface area contributed by atoms with Crippen molar-refractivity contribution in [2.45, 2.75) is 32.1 Å². The van der Waals surface area contributed by atoms with Crippen LogP contribution in [0.5, 0.6) is 0 Å². The maximum absolute atomic E-state index is 12.9. The summed E-state index contributed by atoms with van der Waals surface area (Å²) in [6.45, 7) is 3.45. The first-order valence-electron chi connectivity index (χ1n) is 11.4. The van der Waals surface area contributed by atoms with Gasteiger partial charge in [0.1, 0.15) is 0 Å². The average molecular weight is 447 g/mol. The van der Waals surface area contributed by atoms with Crippen molar-refractivity contribution < 1.29 is 14.4 Å². The number of benzene rings is 2. The van der Waals surface area contributed by atoms with Gasteiger partial charge in [-0.1, -0.05) is 30.3 Å². The first kappa shape index (κ1) is 22.6. The number of nitrogens with two attached hydrogens (primary N) is 1. The Kier molecular flexibility index (Phi) is 6.77. The Morgan fingerprint density at radius 1 is 1.09 bits per heavy atom. The van der Waals surface area contributed by atoms with Gasteiger partial charge in [0.25, 0.3) is 0 Å². The van der Waals surface area contributed by atoms with E-state index >= 15 is 0 Å². The number of hydrogen-bond acceptors (Lipinski definition) is 3. The van der Waals surface area contributed by atoms with Gasteiger partial charge in [-0.15, -0.1) is 0 Å². The highest BCUT2D eigenvalue weighted by Crippen LogP contribution is 2.33. The standard InChI is InChI=1S/C26H30N4O3/c1-18(31)30(12-9-19-5-3-2-4-6-19)17-25(32)29-13-10-20(11-14-29)23-16-28-24-8-7-21(26(27)33)15-22(23)24/h2-8,15-16,20,28H,9-14,17H2,1H3,(H2,27,33). The lowest BCUT2D eigenvalue weighted by atomic mass is 9.89. The predicted octanol–water partition coefficient (Wildman–Crippen LogP) is 3.06. The molecule has 1 aromatic heterocycles. The van der Waals surface area contributed by atoms with E-state index in [4.69, 9.17) is 5.73 Å². The largest absolute Gasteiger partial charge is 0.366 e. The summed E-state index contributed by atoms with van der Waals surface area (Å²) >= 11 is 0. The molecule has 0 aliphatic carbocycles. The SMILES string of the molecule is CC(=O)N(CCc1ccccc1)CC(=O)N1CCC(c2c[nH]c3ccc(C(N)=O)cc23)CC1. The molecule has 2 aromatic carbocycles. The number of nitrogens with one attached hydrogen (secondary N) is 1. The van der Waals surface area contributed by atoms with Crippen LogP contribution >= 0.6 is 0 Å². The lowest BCUT2D eigenvalue weighted by Crippen LogP contribution is -2.45. The van der Waals surface area contributed by atoms with Gasteiger partial charge in [0, 0.05) is 49.2 Å². The number of fused-ring (bicyclic) bond motifs is 1. The van der Waals surface area contributed by atoms with Gasteiger partial charge in [0.2, 0.25) is 17.7 Å². The number of primary amides is 1. The highest BCUT2D eigenvalue weighted by atomic mass is 16.2. The van der Waals surface area contributed by atoms with Crippen molar-refractivity contribution in [1.29, 1.82) is 0 Å². The number of amides is 3. The van der Waals surface area contributed by atoms with E-state index in [1.807, 2.05) is 53.6 Å². The number of likely N-dealkylation sites (tertiary alicyclic amines) is 1. The molecular weight excluding hydrogens is 416 g/mol. The van der Waals surface area contributed by atoms with Crippen molar-refractivity contribution in [3.63, 3.8) is 0 Å². The molecule has 7 heteroatoms. The molecule has 0 atom stereocenters. The zero-order valence-electron chi connectivity index (χ0n) is 18.9. The van der Waals surface area contributed by atoms with Gasteiger partial charge < -0.3 is 20.5 Å². The summed E-state index contributed by atoms with van der Waals surface area (Å²) in [5.74, 6) is -0.232. The number of aromatic amines is 1. The topological polar surface area (TPSA) is 99.5 Å². The van der Waals surface area contributed by atoms with Crippen molar-refractivity contribution in [2.75, 3.05) is 26.2 Å². The van der Waals surface area contributed by atoms with Crippen LogP contribution in [0.15, 0.2) is 54.7 Å². The van der Waals surface area contributed by atoms with E-state index in [0.29, 0.717) is 31.1 Å². The summed E-state index contributed by atoms with van der Waals surface area (Å²) in [7, 11) is 0. The van der Waals surface area contributed by atoms with Crippen LogP contribution in [0.2, 0.25) is 0 Å². The fraction of sp³-hybridized carbons (Fsp3) is 0.346. The molecule has 3 N–H and O–H groups in total. The molecule has 4 rings (SSSR count). The maximum Gasteiger partial charge on any atom is 0.248 e. The van der Waals surface area contributed by atoms with E-state index < -0.39 is 5.91 Å². The molecule has 3 aromatic rings. The molecule has 1 saturated heterocycles. The van der Waals surface area contributed by atoms with Gasteiger partial charge in [-0.05, 0) is 54.5 Å². The summed E-state index contributed by atoms with van der Waals surface area (Å²) in [5, 5.41) is 1.01. The smallest absolute Gasteiger partial charge is 0.248 e. The predicted molar refractivity (Wildman–Crippen MR) is 128 cm³/mol. The second-order valence-corrected chi connectivity index (χ2v) is 8.70. The Hall–Kier alpha value is -3.61. The van der Waals surface area contributed by atoms with Gasteiger partial charge in [0.05, 0.1) is 6.54 Å². The molecule has 0 saturated carbocycles. The molecule has 1 aliphatic rings. The number of carbonyl (C=O) groups excluding carboxylic acids is 3. The molecule has 0 bridgehead atoms. The zero-order chi connectivity index (χ0) is 23.4. The Morgan fingerprint density at radius 2 is 1.82 bits per heavy atom. The van der Waals surface area contributed by atoms with Crippen LogP contribution < -0.4 is 5.73 Å². The van der Waals surface area contributed by atoms with Crippen LogP contribution in [-0.4, -0.2) is 58.7 Å². The summed E-state index contributed by atoms with van der Waals surface area (Å²) in [5.41, 5.74) is 9.23. The Morgan fingerprint density at radius 3 is 2.48 bits per heavy atom. The van der Waals surface area contributed by atoms with Crippen molar-refractivity contribution in [1.82, 2.24) is 14.8 Å². The summed E-state index contributed by atoms with van der Waals surface area (Å²) in [4.78, 5) is 43.4. The van der Waals surface area contributed by atoms with Crippen LogP contribution in [0.1, 0.15) is 47.2 Å². The van der Waals surface area contributed by atoms with Crippen LogP contribution in [-0.2, 0) is 16.0 Å². The molecule has 7 nitrogen and oxygen atoms in total. The minimum atomic E-state index is -0.438. The Bertz CT molecular complexity index is 1150. The van der Waals surface area contributed by atoms with Gasteiger partial charge in [0.15, 0.2) is 0 Å². The monoisotopic (exact) mass is 446 g/mol. The molecule has 0 radical (unpaired) electrons. The van der Waals surface area contributed by atoms with Crippen molar-refractivity contribution in [3.8, 4) is 0 Å². The molecular formula is C26H30N4O3. The average Bonchev–Trinajstić information content (AvgIpc) is 3.25. The second kappa shape index (κ2) is 9.90. The van der Waals surface area contributed by atoms with Crippen LogP contribution in [0.25, 0.3) is 10.9 Å². The van der Waals surface area contributed by atoms with Crippen molar-refractivity contribution >= 4 is 28.6 Å². The van der Waals surface area contributed by atoms with E-state index in [2.05, 4.69) is 4.98 Å². The van der Waals surface area contributed by atoms with Gasteiger partial charge in [-0.3, -0.25) is 14.4 Å². The third-order valence-electron chi connectivity index (χ3n) is 6.57.